The van der Waals surface area contributed by atoms with Crippen LogP contribution < -0.4 is 0 Å². The van der Waals surface area contributed by atoms with Crippen LogP contribution in [-0.2, 0) is 0 Å². The summed E-state index contributed by atoms with van der Waals surface area (Å²) in [5.41, 5.74) is 1.44. The molecule has 1 N–H and O–H groups in total. The molecule has 1 aliphatic rings. The minimum Gasteiger partial charge on any atom is -0.504 e. The molecule has 0 bridgehead atoms. The van der Waals surface area contributed by atoms with Crippen molar-refractivity contribution in [3.8, 4) is 0 Å². The highest BCUT2D eigenvalue weighted by atomic mass is 79.9. The van der Waals surface area contributed by atoms with Gasteiger partial charge in [-0.2, -0.15) is 0 Å². The first-order valence-electron chi connectivity index (χ1n) is 4.85. The molecular formula is C13H7BrO2. The van der Waals surface area contributed by atoms with Crippen molar-refractivity contribution < 1.29 is 9.90 Å². The molecule has 0 aromatic heterocycles. The Kier molecular flexibility index (Phi) is 1.91. The Morgan fingerprint density at radius 3 is 2.75 bits per heavy atom. The van der Waals surface area contributed by atoms with Gasteiger partial charge in [0.15, 0.2) is 5.76 Å². The molecule has 0 unspecified atom stereocenters. The van der Waals surface area contributed by atoms with E-state index in [1.165, 1.54) is 6.08 Å². The molecular weight excluding hydrogens is 268 g/mol. The van der Waals surface area contributed by atoms with Gasteiger partial charge in [0.2, 0.25) is 5.78 Å². The van der Waals surface area contributed by atoms with Crippen molar-refractivity contribution in [1.29, 1.82) is 0 Å². The number of aliphatic hydroxyl groups is 1. The number of hydrogen-bond donors (Lipinski definition) is 1. The number of halogens is 1. The van der Waals surface area contributed by atoms with Gasteiger partial charge in [-0.25, -0.2) is 0 Å². The zero-order valence-electron chi connectivity index (χ0n) is 8.20. The maximum atomic E-state index is 11.8. The van der Waals surface area contributed by atoms with Crippen molar-refractivity contribution >= 4 is 38.6 Å². The van der Waals surface area contributed by atoms with E-state index >= 15 is 0 Å². The highest BCUT2D eigenvalue weighted by Crippen LogP contribution is 2.34. The number of benzene rings is 2. The van der Waals surface area contributed by atoms with E-state index in [-0.39, 0.29) is 11.5 Å². The van der Waals surface area contributed by atoms with Crippen LogP contribution in [0.1, 0.15) is 15.9 Å². The predicted molar refractivity (Wildman–Crippen MR) is 66.6 cm³/mol. The Bertz CT molecular complexity index is 656. The molecule has 2 aromatic carbocycles. The first-order valence-corrected chi connectivity index (χ1v) is 5.64. The van der Waals surface area contributed by atoms with E-state index in [2.05, 4.69) is 15.9 Å². The lowest BCUT2D eigenvalue weighted by Crippen LogP contribution is -2.08. The maximum Gasteiger partial charge on any atom is 0.227 e. The number of carbonyl (C=O) groups is 1. The topological polar surface area (TPSA) is 37.3 Å². The SMILES string of the molecule is O=C1C(O)=Cc2cccc3c(Br)ccc1c23. The fourth-order valence-corrected chi connectivity index (χ4v) is 2.52. The molecule has 2 nitrogen and oxygen atoms in total. The van der Waals surface area contributed by atoms with Crippen LogP contribution in [0.15, 0.2) is 40.6 Å². The molecule has 3 rings (SSSR count). The molecule has 0 radical (unpaired) electrons. The van der Waals surface area contributed by atoms with Crippen molar-refractivity contribution in [2.75, 3.05) is 0 Å². The Labute approximate surface area is 100 Å². The van der Waals surface area contributed by atoms with Crippen LogP contribution in [-0.4, -0.2) is 10.9 Å². The molecule has 1 aliphatic carbocycles. The lowest BCUT2D eigenvalue weighted by atomic mass is 9.91. The Hall–Kier alpha value is -1.61. The summed E-state index contributed by atoms with van der Waals surface area (Å²) in [5, 5.41) is 11.4. The van der Waals surface area contributed by atoms with Gasteiger partial charge in [-0.1, -0.05) is 34.1 Å². The number of Topliss-reactive ketones (excluding diaryl/α,β-unsaturated/α-hetero) is 1. The van der Waals surface area contributed by atoms with Gasteiger partial charge in [0, 0.05) is 15.4 Å². The number of allylic oxidation sites excluding steroid dienone is 1. The molecule has 16 heavy (non-hydrogen) atoms. The van der Waals surface area contributed by atoms with Gasteiger partial charge in [0.25, 0.3) is 0 Å². The third kappa shape index (κ3) is 1.15. The summed E-state index contributed by atoms with van der Waals surface area (Å²) in [6.07, 6.45) is 1.52. The number of carbonyl (C=O) groups excluding carboxylic acids is 1. The van der Waals surface area contributed by atoms with Crippen molar-refractivity contribution in [3.63, 3.8) is 0 Å². The molecule has 0 heterocycles. The number of aliphatic hydroxyl groups excluding tert-OH is 1. The first-order chi connectivity index (χ1) is 7.68. The van der Waals surface area contributed by atoms with Crippen LogP contribution in [0.3, 0.4) is 0 Å². The van der Waals surface area contributed by atoms with E-state index < -0.39 is 0 Å². The largest absolute Gasteiger partial charge is 0.504 e. The summed E-state index contributed by atoms with van der Waals surface area (Å²) in [5.74, 6) is -0.501. The lowest BCUT2D eigenvalue weighted by molar-refractivity contribution is 0.0981. The molecule has 78 valence electrons. The van der Waals surface area contributed by atoms with Gasteiger partial charge < -0.3 is 5.11 Å². The molecule has 2 aromatic rings. The average Bonchev–Trinajstić information content (AvgIpc) is 2.28. The molecule has 0 saturated heterocycles. The quantitative estimate of drug-likeness (QED) is 0.796. The number of ketones is 1. The van der Waals surface area contributed by atoms with Crippen LogP contribution >= 0.6 is 15.9 Å². The minimum atomic E-state index is -0.309. The Balaban J connectivity index is 2.56. The number of rotatable bonds is 0. The third-order valence-corrected chi connectivity index (χ3v) is 3.48. The van der Waals surface area contributed by atoms with Gasteiger partial charge in [-0.05, 0) is 29.2 Å². The minimum absolute atomic E-state index is 0.192. The van der Waals surface area contributed by atoms with Gasteiger partial charge in [-0.15, -0.1) is 0 Å². The van der Waals surface area contributed by atoms with Gasteiger partial charge in [0.05, 0.1) is 0 Å². The van der Waals surface area contributed by atoms with E-state index in [9.17, 15) is 9.90 Å². The van der Waals surface area contributed by atoms with Crippen molar-refractivity contribution in [2.45, 2.75) is 0 Å². The van der Waals surface area contributed by atoms with E-state index in [0.29, 0.717) is 5.56 Å². The average molecular weight is 275 g/mol. The van der Waals surface area contributed by atoms with Gasteiger partial charge in [-0.3, -0.25) is 4.79 Å². The fraction of sp³-hybridized carbons (Fsp3) is 0. The first kappa shape index (κ1) is 9.60. The van der Waals surface area contributed by atoms with Crippen LogP contribution in [0.25, 0.3) is 16.8 Å². The maximum absolute atomic E-state index is 11.8. The van der Waals surface area contributed by atoms with E-state index in [1.807, 2.05) is 24.3 Å². The number of hydrogen-bond acceptors (Lipinski definition) is 2. The summed E-state index contributed by atoms with van der Waals surface area (Å²) in [7, 11) is 0. The zero-order valence-corrected chi connectivity index (χ0v) is 9.78. The second-order valence-corrected chi connectivity index (χ2v) is 4.58. The Morgan fingerprint density at radius 1 is 1.12 bits per heavy atom. The third-order valence-electron chi connectivity index (χ3n) is 2.79. The smallest absolute Gasteiger partial charge is 0.227 e. The van der Waals surface area contributed by atoms with Crippen LogP contribution in [0.5, 0.6) is 0 Å². The zero-order chi connectivity index (χ0) is 11.3. The van der Waals surface area contributed by atoms with Crippen molar-refractivity contribution in [3.05, 3.63) is 51.7 Å². The van der Waals surface area contributed by atoms with E-state index in [0.717, 1.165) is 20.8 Å². The molecule has 0 fully saturated rings. The van der Waals surface area contributed by atoms with Crippen LogP contribution in [0, 0.1) is 0 Å². The fourth-order valence-electron chi connectivity index (χ4n) is 2.06. The van der Waals surface area contributed by atoms with Crippen molar-refractivity contribution in [2.24, 2.45) is 0 Å². The molecule has 0 saturated carbocycles. The normalized spacial score (nSPS) is 14.1. The summed E-state index contributed by atoms with van der Waals surface area (Å²) < 4.78 is 0.954. The summed E-state index contributed by atoms with van der Waals surface area (Å²) >= 11 is 3.46. The lowest BCUT2D eigenvalue weighted by Gasteiger charge is -2.14. The van der Waals surface area contributed by atoms with Crippen LogP contribution in [0.2, 0.25) is 0 Å². The second-order valence-electron chi connectivity index (χ2n) is 3.72. The molecule has 0 amide bonds. The second kappa shape index (κ2) is 3.19. The Morgan fingerprint density at radius 2 is 1.94 bits per heavy atom. The van der Waals surface area contributed by atoms with Gasteiger partial charge in [0.1, 0.15) is 0 Å². The summed E-state index contributed by atoms with van der Waals surface area (Å²) in [6, 6.07) is 9.32. The molecule has 0 spiro atoms. The highest BCUT2D eigenvalue weighted by molar-refractivity contribution is 9.10. The molecule has 0 atom stereocenters. The summed E-state index contributed by atoms with van der Waals surface area (Å²) in [6.45, 7) is 0. The van der Waals surface area contributed by atoms with E-state index in [1.54, 1.807) is 6.07 Å². The van der Waals surface area contributed by atoms with Gasteiger partial charge >= 0.3 is 0 Å². The monoisotopic (exact) mass is 274 g/mol. The van der Waals surface area contributed by atoms with Crippen LogP contribution in [0.4, 0.5) is 0 Å². The van der Waals surface area contributed by atoms with Crippen molar-refractivity contribution in [1.82, 2.24) is 0 Å². The predicted octanol–water partition coefficient (Wildman–Crippen LogP) is 3.70. The van der Waals surface area contributed by atoms with E-state index in [4.69, 9.17) is 0 Å². The standard InChI is InChI=1S/C13H7BrO2/c14-10-5-4-9-12-7(2-1-3-8(10)12)6-11(15)13(9)16/h1-6,15H. The highest BCUT2D eigenvalue weighted by Gasteiger charge is 2.21. The molecule has 0 aliphatic heterocycles. The summed E-state index contributed by atoms with van der Waals surface area (Å²) in [4.78, 5) is 11.8. The molecule has 3 heteroatoms.